The molecule has 1 aliphatic rings. The summed E-state index contributed by atoms with van der Waals surface area (Å²) in [5.74, 6) is 1.58. The Balaban J connectivity index is 1.56. The number of piperidine rings is 1. The second-order valence-corrected chi connectivity index (χ2v) is 5.87. The van der Waals surface area contributed by atoms with E-state index in [1.165, 1.54) is 12.0 Å². The Morgan fingerprint density at radius 3 is 2.71 bits per heavy atom. The average Bonchev–Trinajstić information content (AvgIpc) is 3.14. The summed E-state index contributed by atoms with van der Waals surface area (Å²) in [6.45, 7) is 1.87. The summed E-state index contributed by atoms with van der Waals surface area (Å²) in [5, 5.41) is 4.06. The molecule has 122 valence electrons. The summed E-state index contributed by atoms with van der Waals surface area (Å²) in [6, 6.07) is 5.99. The summed E-state index contributed by atoms with van der Waals surface area (Å²) in [6.07, 6.45) is 10.4. The van der Waals surface area contributed by atoms with Gasteiger partial charge in [-0.1, -0.05) is 11.6 Å². The zero-order valence-electron chi connectivity index (χ0n) is 13.2. The van der Waals surface area contributed by atoms with E-state index in [4.69, 9.17) is 4.52 Å². The quantitative estimate of drug-likeness (QED) is 0.730. The molecule has 7 nitrogen and oxygen atoms in total. The molecule has 3 aromatic heterocycles. The third kappa shape index (κ3) is 3.16. The summed E-state index contributed by atoms with van der Waals surface area (Å²) in [4.78, 5) is 19.4. The minimum absolute atomic E-state index is 0.136. The maximum Gasteiger partial charge on any atom is 0.244 e. The first-order valence-electron chi connectivity index (χ1n) is 8.14. The lowest BCUT2D eigenvalue weighted by molar-refractivity contribution is 0.111. The summed E-state index contributed by atoms with van der Waals surface area (Å²) >= 11 is 0. The number of hydrogen-bond donors (Lipinski definition) is 0. The van der Waals surface area contributed by atoms with Crippen molar-refractivity contribution < 1.29 is 4.52 Å². The van der Waals surface area contributed by atoms with Crippen molar-refractivity contribution in [3.63, 3.8) is 0 Å². The molecule has 0 bridgehead atoms. The highest BCUT2D eigenvalue weighted by molar-refractivity contribution is 5.40. The molecule has 1 saturated heterocycles. The fourth-order valence-corrected chi connectivity index (χ4v) is 3.06. The van der Waals surface area contributed by atoms with Crippen LogP contribution in [-0.2, 0) is 6.54 Å². The third-order valence-corrected chi connectivity index (χ3v) is 4.24. The number of likely N-dealkylation sites (tertiary alicyclic amines) is 1. The van der Waals surface area contributed by atoms with Crippen LogP contribution < -0.4 is 0 Å². The highest BCUT2D eigenvalue weighted by Gasteiger charge is 2.29. The second kappa shape index (κ2) is 6.84. The van der Waals surface area contributed by atoms with Gasteiger partial charge >= 0.3 is 0 Å². The first-order valence-corrected chi connectivity index (χ1v) is 8.14. The molecule has 0 amide bonds. The fourth-order valence-electron chi connectivity index (χ4n) is 3.06. The van der Waals surface area contributed by atoms with Gasteiger partial charge in [-0.15, -0.1) is 0 Å². The Kier molecular flexibility index (Phi) is 4.24. The average molecular weight is 322 g/mol. The maximum absolute atomic E-state index is 5.53. The zero-order chi connectivity index (χ0) is 16.2. The van der Waals surface area contributed by atoms with Crippen molar-refractivity contribution in [2.45, 2.75) is 31.8 Å². The van der Waals surface area contributed by atoms with Gasteiger partial charge < -0.3 is 4.52 Å². The Labute approximate surface area is 139 Å². The van der Waals surface area contributed by atoms with Crippen LogP contribution >= 0.6 is 0 Å². The van der Waals surface area contributed by atoms with Gasteiger partial charge in [0.2, 0.25) is 17.5 Å². The lowest BCUT2D eigenvalue weighted by Gasteiger charge is -2.33. The smallest absolute Gasteiger partial charge is 0.244 e. The van der Waals surface area contributed by atoms with Crippen LogP contribution in [-0.4, -0.2) is 36.5 Å². The van der Waals surface area contributed by atoms with Gasteiger partial charge in [0.05, 0.1) is 6.04 Å². The molecule has 0 saturated carbocycles. The van der Waals surface area contributed by atoms with Gasteiger partial charge in [0.25, 0.3) is 0 Å². The number of nitrogens with zero attached hydrogens (tertiary/aromatic N) is 6. The fraction of sp³-hybridized carbons (Fsp3) is 0.353. The van der Waals surface area contributed by atoms with Gasteiger partial charge in [-0.3, -0.25) is 9.88 Å². The van der Waals surface area contributed by atoms with Crippen molar-refractivity contribution >= 4 is 0 Å². The van der Waals surface area contributed by atoms with Gasteiger partial charge in [0.15, 0.2) is 0 Å². The molecule has 0 unspecified atom stereocenters. The van der Waals surface area contributed by atoms with E-state index in [0.29, 0.717) is 17.5 Å². The normalized spacial score (nSPS) is 18.6. The van der Waals surface area contributed by atoms with E-state index in [0.717, 1.165) is 25.9 Å². The molecule has 24 heavy (non-hydrogen) atoms. The molecule has 3 aromatic rings. The van der Waals surface area contributed by atoms with Crippen LogP contribution in [0.15, 0.2) is 47.5 Å². The number of pyridine rings is 1. The van der Waals surface area contributed by atoms with Crippen molar-refractivity contribution in [1.82, 2.24) is 30.0 Å². The van der Waals surface area contributed by atoms with Crippen molar-refractivity contribution in [3.8, 4) is 11.6 Å². The highest BCUT2D eigenvalue weighted by atomic mass is 16.5. The summed E-state index contributed by atoms with van der Waals surface area (Å²) in [5.41, 5.74) is 1.24. The Morgan fingerprint density at radius 1 is 1.04 bits per heavy atom. The van der Waals surface area contributed by atoms with Gasteiger partial charge in [-0.2, -0.15) is 4.98 Å². The molecule has 4 heterocycles. The molecule has 0 spiro atoms. The number of rotatable bonds is 4. The monoisotopic (exact) mass is 322 g/mol. The first kappa shape index (κ1) is 14.9. The van der Waals surface area contributed by atoms with Crippen molar-refractivity contribution in [1.29, 1.82) is 0 Å². The SMILES string of the molecule is c1cnc(-c2noc([C@H]3CCCCN3Cc3ccncc3)n2)nc1. The van der Waals surface area contributed by atoms with Gasteiger partial charge in [-0.25, -0.2) is 9.97 Å². The summed E-state index contributed by atoms with van der Waals surface area (Å²) < 4.78 is 5.53. The molecular formula is C17H18N6O. The molecule has 0 aliphatic carbocycles. The Bertz CT molecular complexity index is 776. The van der Waals surface area contributed by atoms with E-state index in [1.54, 1.807) is 18.5 Å². The standard InChI is InChI=1S/C17H18N6O/c1-2-11-23(12-13-5-9-18-10-6-13)14(4-1)17-21-16(22-24-17)15-19-7-3-8-20-15/h3,5-10,14H,1-2,4,11-12H2/t14-/m1/s1. The molecule has 0 N–H and O–H groups in total. The Morgan fingerprint density at radius 2 is 1.88 bits per heavy atom. The molecule has 1 aliphatic heterocycles. The molecule has 1 atom stereocenters. The van der Waals surface area contributed by atoms with E-state index in [9.17, 15) is 0 Å². The van der Waals surface area contributed by atoms with Crippen LogP contribution in [0, 0.1) is 0 Å². The molecule has 7 heteroatoms. The lowest BCUT2D eigenvalue weighted by Crippen LogP contribution is -2.33. The van der Waals surface area contributed by atoms with E-state index >= 15 is 0 Å². The van der Waals surface area contributed by atoms with Gasteiger partial charge in [-0.05, 0) is 43.1 Å². The van der Waals surface area contributed by atoms with Crippen LogP contribution in [0.4, 0.5) is 0 Å². The topological polar surface area (TPSA) is 80.8 Å². The maximum atomic E-state index is 5.53. The molecule has 1 fully saturated rings. The predicted octanol–water partition coefficient (Wildman–Crippen LogP) is 2.65. The van der Waals surface area contributed by atoms with Crippen molar-refractivity contribution in [2.75, 3.05) is 6.54 Å². The van der Waals surface area contributed by atoms with Crippen LogP contribution in [0.1, 0.15) is 36.8 Å². The highest BCUT2D eigenvalue weighted by Crippen LogP contribution is 2.31. The molecular weight excluding hydrogens is 304 g/mol. The van der Waals surface area contributed by atoms with E-state index in [-0.39, 0.29) is 6.04 Å². The molecule has 4 rings (SSSR count). The first-order chi connectivity index (χ1) is 11.9. The second-order valence-electron chi connectivity index (χ2n) is 5.87. The van der Waals surface area contributed by atoms with Gasteiger partial charge in [0.1, 0.15) is 0 Å². The lowest BCUT2D eigenvalue weighted by atomic mass is 10.0. The Hall–Kier alpha value is -2.67. The van der Waals surface area contributed by atoms with Gasteiger partial charge in [0, 0.05) is 31.3 Å². The van der Waals surface area contributed by atoms with E-state index in [1.807, 2.05) is 24.5 Å². The summed E-state index contributed by atoms with van der Waals surface area (Å²) in [7, 11) is 0. The van der Waals surface area contributed by atoms with E-state index in [2.05, 4.69) is 30.0 Å². The van der Waals surface area contributed by atoms with Crippen molar-refractivity contribution in [2.24, 2.45) is 0 Å². The van der Waals surface area contributed by atoms with Crippen molar-refractivity contribution in [3.05, 3.63) is 54.4 Å². The third-order valence-electron chi connectivity index (χ3n) is 4.24. The minimum Gasteiger partial charge on any atom is -0.337 e. The molecule has 0 radical (unpaired) electrons. The van der Waals surface area contributed by atoms with Crippen LogP contribution in [0.3, 0.4) is 0 Å². The van der Waals surface area contributed by atoms with Crippen LogP contribution in [0.5, 0.6) is 0 Å². The van der Waals surface area contributed by atoms with Crippen LogP contribution in [0.2, 0.25) is 0 Å². The predicted molar refractivity (Wildman–Crippen MR) is 86.6 cm³/mol. The van der Waals surface area contributed by atoms with E-state index < -0.39 is 0 Å². The van der Waals surface area contributed by atoms with Crippen LogP contribution in [0.25, 0.3) is 11.6 Å². The zero-order valence-corrected chi connectivity index (χ0v) is 13.2. The molecule has 0 aromatic carbocycles. The number of hydrogen-bond acceptors (Lipinski definition) is 7. The number of aromatic nitrogens is 5. The minimum atomic E-state index is 0.136. The largest absolute Gasteiger partial charge is 0.337 e.